The van der Waals surface area contributed by atoms with Crippen molar-refractivity contribution < 1.29 is 19.1 Å². The molecule has 8 nitrogen and oxygen atoms in total. The Morgan fingerprint density at radius 2 is 1.62 bits per heavy atom. The Balaban J connectivity index is 1.03. The molecule has 39 heavy (non-hydrogen) atoms. The number of piperidine rings is 1. The van der Waals surface area contributed by atoms with E-state index in [1.165, 1.54) is 22.4 Å². The van der Waals surface area contributed by atoms with Crippen molar-refractivity contribution in [2.45, 2.75) is 38.1 Å². The van der Waals surface area contributed by atoms with Gasteiger partial charge in [-0.15, -0.1) is 0 Å². The summed E-state index contributed by atoms with van der Waals surface area (Å²) in [6.07, 6.45) is 4.98. The van der Waals surface area contributed by atoms with Gasteiger partial charge in [0.25, 0.3) is 11.8 Å². The molecule has 2 saturated heterocycles. The molecule has 0 saturated carbocycles. The number of amides is 3. The maximum atomic E-state index is 13.4. The summed E-state index contributed by atoms with van der Waals surface area (Å²) in [6, 6.07) is 14.9. The van der Waals surface area contributed by atoms with Gasteiger partial charge in [-0.25, -0.2) is 0 Å². The van der Waals surface area contributed by atoms with Crippen molar-refractivity contribution >= 4 is 23.4 Å². The van der Waals surface area contributed by atoms with Gasteiger partial charge in [0, 0.05) is 58.3 Å². The van der Waals surface area contributed by atoms with Crippen molar-refractivity contribution in [3.63, 3.8) is 0 Å². The first-order chi connectivity index (χ1) is 19.0. The standard InChI is InChI=1S/C31H38N4O4/c1-39-20-19-35-30(37)26-7-4-8-27(28(26)31(35)38)33-13-11-23(12-14-33)29(36)34-17-15-32(16-18-34)25-10-9-22-5-2-3-6-24(22)21-25/h2-8,23,25H,9-21H2,1H3. The fourth-order valence-electron chi connectivity index (χ4n) is 6.89. The smallest absolute Gasteiger partial charge is 0.263 e. The van der Waals surface area contributed by atoms with Crippen LogP contribution in [0, 0.1) is 5.92 Å². The zero-order chi connectivity index (χ0) is 26.9. The van der Waals surface area contributed by atoms with Crippen molar-refractivity contribution in [2.75, 3.05) is 64.4 Å². The number of carbonyl (C=O) groups excluding carboxylic acids is 3. The normalized spacial score (nSPS) is 22.3. The van der Waals surface area contributed by atoms with E-state index < -0.39 is 0 Å². The van der Waals surface area contributed by atoms with Gasteiger partial charge >= 0.3 is 0 Å². The van der Waals surface area contributed by atoms with E-state index in [-0.39, 0.29) is 30.2 Å². The number of methoxy groups -OCH3 is 1. The van der Waals surface area contributed by atoms with Crippen LogP contribution < -0.4 is 4.90 Å². The van der Waals surface area contributed by atoms with Gasteiger partial charge < -0.3 is 14.5 Å². The second-order valence-corrected chi connectivity index (χ2v) is 11.2. The highest BCUT2D eigenvalue weighted by molar-refractivity contribution is 6.23. The van der Waals surface area contributed by atoms with E-state index in [4.69, 9.17) is 4.74 Å². The first-order valence-corrected chi connectivity index (χ1v) is 14.4. The predicted octanol–water partition coefficient (Wildman–Crippen LogP) is 2.85. The number of aryl methyl sites for hydroxylation is 1. The average Bonchev–Trinajstić information content (AvgIpc) is 3.24. The Bertz CT molecular complexity index is 1250. The number of hydrogen-bond acceptors (Lipinski definition) is 6. The summed E-state index contributed by atoms with van der Waals surface area (Å²) >= 11 is 0. The van der Waals surface area contributed by atoms with Crippen molar-refractivity contribution in [1.82, 2.24) is 14.7 Å². The molecule has 0 aromatic heterocycles. The molecular formula is C31H38N4O4. The minimum absolute atomic E-state index is 0.0154. The summed E-state index contributed by atoms with van der Waals surface area (Å²) in [6.45, 7) is 5.47. The molecule has 3 heterocycles. The molecule has 4 aliphatic rings. The molecule has 1 aliphatic carbocycles. The Hall–Kier alpha value is -3.23. The third kappa shape index (κ3) is 4.96. The van der Waals surface area contributed by atoms with E-state index in [1.807, 2.05) is 12.1 Å². The van der Waals surface area contributed by atoms with Gasteiger partial charge in [-0.05, 0) is 55.4 Å². The summed E-state index contributed by atoms with van der Waals surface area (Å²) in [7, 11) is 1.56. The highest BCUT2D eigenvalue weighted by Crippen LogP contribution is 2.34. The van der Waals surface area contributed by atoms with Crippen LogP contribution >= 0.6 is 0 Å². The number of hydrogen-bond donors (Lipinski definition) is 0. The van der Waals surface area contributed by atoms with E-state index in [0.717, 1.165) is 57.5 Å². The van der Waals surface area contributed by atoms with Crippen molar-refractivity contribution in [1.29, 1.82) is 0 Å². The fourth-order valence-corrected chi connectivity index (χ4v) is 6.89. The molecule has 0 N–H and O–H groups in total. The monoisotopic (exact) mass is 530 g/mol. The van der Waals surface area contributed by atoms with Crippen LogP contribution in [0.1, 0.15) is 51.1 Å². The highest BCUT2D eigenvalue weighted by atomic mass is 16.5. The molecule has 0 radical (unpaired) electrons. The first kappa shape index (κ1) is 26.0. The van der Waals surface area contributed by atoms with E-state index in [1.54, 1.807) is 13.2 Å². The Labute approximate surface area is 230 Å². The molecule has 2 aromatic rings. The van der Waals surface area contributed by atoms with Gasteiger partial charge in [-0.3, -0.25) is 24.2 Å². The summed E-state index contributed by atoms with van der Waals surface area (Å²) in [5.74, 6) is -0.212. The van der Waals surface area contributed by atoms with Gasteiger partial charge in [-0.1, -0.05) is 30.3 Å². The van der Waals surface area contributed by atoms with Crippen LogP contribution in [0.4, 0.5) is 5.69 Å². The second-order valence-electron chi connectivity index (χ2n) is 11.2. The molecular weight excluding hydrogens is 492 g/mol. The Morgan fingerprint density at radius 3 is 2.36 bits per heavy atom. The number of anilines is 1. The van der Waals surface area contributed by atoms with E-state index in [9.17, 15) is 14.4 Å². The molecule has 1 unspecified atom stereocenters. The number of carbonyl (C=O) groups is 3. The van der Waals surface area contributed by atoms with E-state index in [2.05, 4.69) is 39.0 Å². The predicted molar refractivity (Wildman–Crippen MR) is 149 cm³/mol. The molecule has 2 fully saturated rings. The minimum Gasteiger partial charge on any atom is -0.383 e. The van der Waals surface area contributed by atoms with Crippen molar-refractivity contribution in [3.05, 3.63) is 64.7 Å². The highest BCUT2D eigenvalue weighted by Gasteiger charge is 2.39. The lowest BCUT2D eigenvalue weighted by molar-refractivity contribution is -0.138. The van der Waals surface area contributed by atoms with Crippen molar-refractivity contribution in [2.24, 2.45) is 5.92 Å². The van der Waals surface area contributed by atoms with Gasteiger partial charge in [0.15, 0.2) is 0 Å². The van der Waals surface area contributed by atoms with E-state index >= 15 is 0 Å². The van der Waals surface area contributed by atoms with Crippen LogP contribution in [0.5, 0.6) is 0 Å². The zero-order valence-corrected chi connectivity index (χ0v) is 22.8. The van der Waals surface area contributed by atoms with Crippen LogP contribution in [0.3, 0.4) is 0 Å². The largest absolute Gasteiger partial charge is 0.383 e. The first-order valence-electron chi connectivity index (χ1n) is 14.4. The molecule has 3 aliphatic heterocycles. The molecule has 0 spiro atoms. The number of fused-ring (bicyclic) bond motifs is 2. The molecule has 1 atom stereocenters. The maximum absolute atomic E-state index is 13.4. The number of piperazine rings is 1. The second kappa shape index (κ2) is 11.1. The van der Waals surface area contributed by atoms with Crippen molar-refractivity contribution in [3.8, 4) is 0 Å². The lowest BCUT2D eigenvalue weighted by Crippen LogP contribution is -2.54. The number of ether oxygens (including phenoxy) is 1. The van der Waals surface area contributed by atoms with Gasteiger partial charge in [0.2, 0.25) is 5.91 Å². The molecule has 0 bridgehead atoms. The molecule has 6 rings (SSSR count). The topological polar surface area (TPSA) is 73.4 Å². The number of benzene rings is 2. The molecule has 2 aromatic carbocycles. The van der Waals surface area contributed by atoms with Gasteiger partial charge in [0.05, 0.1) is 30.0 Å². The Morgan fingerprint density at radius 1 is 0.872 bits per heavy atom. The number of imide groups is 1. The minimum atomic E-state index is -0.254. The lowest BCUT2D eigenvalue weighted by atomic mass is 9.87. The quantitative estimate of drug-likeness (QED) is 0.535. The molecule has 8 heteroatoms. The Kier molecular flexibility index (Phi) is 7.40. The fraction of sp³-hybridized carbons (Fsp3) is 0.516. The maximum Gasteiger partial charge on any atom is 0.263 e. The summed E-state index contributed by atoms with van der Waals surface area (Å²) in [4.78, 5) is 47.5. The summed E-state index contributed by atoms with van der Waals surface area (Å²) < 4.78 is 5.08. The SMILES string of the molecule is COCCN1C(=O)c2cccc(N3CCC(C(=O)N4CCN(C5CCc6ccccc6C5)CC4)CC3)c2C1=O. The number of rotatable bonds is 6. The van der Waals surface area contributed by atoms with Crippen LogP contribution in [0.15, 0.2) is 42.5 Å². The van der Waals surface area contributed by atoms with Crippen LogP contribution in [-0.2, 0) is 22.4 Å². The zero-order valence-electron chi connectivity index (χ0n) is 22.8. The summed E-state index contributed by atoms with van der Waals surface area (Å²) in [5, 5.41) is 0. The molecule has 3 amide bonds. The third-order valence-electron chi connectivity index (χ3n) is 9.14. The third-order valence-corrected chi connectivity index (χ3v) is 9.14. The van der Waals surface area contributed by atoms with Gasteiger partial charge in [0.1, 0.15) is 0 Å². The summed E-state index contributed by atoms with van der Waals surface area (Å²) in [5.41, 5.74) is 4.74. The van der Waals surface area contributed by atoms with Crippen LogP contribution in [-0.4, -0.2) is 98.0 Å². The lowest BCUT2D eigenvalue weighted by Gasteiger charge is -2.42. The van der Waals surface area contributed by atoms with Crippen LogP contribution in [0.25, 0.3) is 0 Å². The van der Waals surface area contributed by atoms with E-state index in [0.29, 0.717) is 36.9 Å². The van der Waals surface area contributed by atoms with Gasteiger partial charge in [-0.2, -0.15) is 0 Å². The number of nitrogens with zero attached hydrogens (tertiary/aromatic N) is 4. The average molecular weight is 531 g/mol. The van der Waals surface area contributed by atoms with Crippen LogP contribution in [0.2, 0.25) is 0 Å². The molecule has 206 valence electrons.